The molecule has 5 nitrogen and oxygen atoms in total. The number of amides is 2. The van der Waals surface area contributed by atoms with E-state index in [0.717, 1.165) is 25.8 Å². The van der Waals surface area contributed by atoms with Gasteiger partial charge in [-0.1, -0.05) is 30.3 Å². The van der Waals surface area contributed by atoms with Gasteiger partial charge in [-0.15, -0.1) is 0 Å². The van der Waals surface area contributed by atoms with E-state index in [4.69, 9.17) is 0 Å². The van der Waals surface area contributed by atoms with Gasteiger partial charge in [-0.05, 0) is 52.1 Å². The predicted octanol–water partition coefficient (Wildman–Crippen LogP) is 1.72. The Labute approximate surface area is 144 Å². The molecule has 0 radical (unpaired) electrons. The molecule has 1 aliphatic heterocycles. The van der Waals surface area contributed by atoms with Crippen LogP contribution in [-0.4, -0.2) is 48.4 Å². The van der Waals surface area contributed by atoms with Crippen molar-refractivity contribution in [2.45, 2.75) is 57.7 Å². The molecular formula is C19H29N3O2. The number of likely N-dealkylation sites (tertiary alicyclic amines) is 1. The summed E-state index contributed by atoms with van der Waals surface area (Å²) in [5.41, 5.74) is 1.18. The molecule has 1 aromatic rings. The number of hydrogen-bond acceptors (Lipinski definition) is 3. The Kier molecular flexibility index (Phi) is 6.79. The van der Waals surface area contributed by atoms with Gasteiger partial charge in [0, 0.05) is 12.6 Å². The summed E-state index contributed by atoms with van der Waals surface area (Å²) in [6, 6.07) is 9.56. The Bertz CT molecular complexity index is 547. The molecule has 2 N–H and O–H groups in total. The van der Waals surface area contributed by atoms with Crippen LogP contribution in [0.1, 0.15) is 38.7 Å². The fourth-order valence-electron chi connectivity index (χ4n) is 3.10. The molecule has 2 amide bonds. The van der Waals surface area contributed by atoms with Gasteiger partial charge in [-0.3, -0.25) is 9.59 Å². The maximum Gasteiger partial charge on any atom is 0.245 e. The molecule has 0 aliphatic carbocycles. The van der Waals surface area contributed by atoms with Crippen LogP contribution in [0.3, 0.4) is 0 Å². The first kappa shape index (κ1) is 18.5. The van der Waals surface area contributed by atoms with E-state index in [1.54, 1.807) is 14.0 Å². The van der Waals surface area contributed by atoms with E-state index in [-0.39, 0.29) is 23.9 Å². The van der Waals surface area contributed by atoms with E-state index in [1.165, 1.54) is 5.56 Å². The Balaban J connectivity index is 2.05. The Morgan fingerprint density at radius 3 is 2.58 bits per heavy atom. The van der Waals surface area contributed by atoms with Gasteiger partial charge in [0.15, 0.2) is 0 Å². The van der Waals surface area contributed by atoms with Crippen LogP contribution in [0.5, 0.6) is 0 Å². The summed E-state index contributed by atoms with van der Waals surface area (Å²) in [6.07, 6.45) is 3.47. The smallest absolute Gasteiger partial charge is 0.245 e. The summed E-state index contributed by atoms with van der Waals surface area (Å²) in [5, 5.41) is 5.87. The lowest BCUT2D eigenvalue weighted by Gasteiger charge is -2.28. The topological polar surface area (TPSA) is 61.4 Å². The van der Waals surface area contributed by atoms with Gasteiger partial charge in [-0.25, -0.2) is 0 Å². The zero-order chi connectivity index (χ0) is 17.5. The SMILES string of the molecule is CN[C@@H](C)C(=O)N[C@@H](CCc1ccccc1)C(=O)N1CCC[C@H]1C. The Morgan fingerprint density at radius 1 is 1.29 bits per heavy atom. The summed E-state index contributed by atoms with van der Waals surface area (Å²) < 4.78 is 0. The number of nitrogens with one attached hydrogen (secondary N) is 2. The summed E-state index contributed by atoms with van der Waals surface area (Å²) >= 11 is 0. The maximum absolute atomic E-state index is 12.9. The van der Waals surface area contributed by atoms with Crippen molar-refractivity contribution >= 4 is 11.8 Å². The van der Waals surface area contributed by atoms with Crippen molar-refractivity contribution in [1.82, 2.24) is 15.5 Å². The lowest BCUT2D eigenvalue weighted by atomic mass is 10.0. The zero-order valence-electron chi connectivity index (χ0n) is 14.9. The number of carbonyl (C=O) groups excluding carboxylic acids is 2. The van der Waals surface area contributed by atoms with Crippen LogP contribution in [0.4, 0.5) is 0 Å². The quantitative estimate of drug-likeness (QED) is 0.800. The van der Waals surface area contributed by atoms with Crippen molar-refractivity contribution in [1.29, 1.82) is 0 Å². The number of nitrogens with zero attached hydrogens (tertiary/aromatic N) is 1. The van der Waals surface area contributed by atoms with E-state index in [1.807, 2.05) is 23.1 Å². The van der Waals surface area contributed by atoms with Crippen molar-refractivity contribution < 1.29 is 9.59 Å². The molecule has 0 bridgehead atoms. The molecule has 2 rings (SSSR count). The first-order chi connectivity index (χ1) is 11.5. The first-order valence-electron chi connectivity index (χ1n) is 8.85. The molecule has 1 aromatic carbocycles. The molecule has 1 saturated heterocycles. The van der Waals surface area contributed by atoms with E-state index < -0.39 is 6.04 Å². The molecule has 0 spiro atoms. The summed E-state index contributed by atoms with van der Waals surface area (Å²) in [6.45, 7) is 4.67. The predicted molar refractivity (Wildman–Crippen MR) is 95.6 cm³/mol. The first-order valence-corrected chi connectivity index (χ1v) is 8.85. The number of rotatable bonds is 7. The second kappa shape index (κ2) is 8.83. The molecule has 132 valence electrons. The lowest BCUT2D eigenvalue weighted by Crippen LogP contribution is -2.53. The van der Waals surface area contributed by atoms with Gasteiger partial charge in [0.2, 0.25) is 11.8 Å². The average molecular weight is 331 g/mol. The van der Waals surface area contributed by atoms with Crippen molar-refractivity contribution in [3.63, 3.8) is 0 Å². The van der Waals surface area contributed by atoms with Gasteiger partial charge >= 0.3 is 0 Å². The number of carbonyl (C=O) groups is 2. The minimum absolute atomic E-state index is 0.0487. The highest BCUT2D eigenvalue weighted by atomic mass is 16.2. The third-order valence-corrected chi connectivity index (χ3v) is 4.84. The number of likely N-dealkylation sites (N-methyl/N-ethyl adjacent to an activating group) is 1. The third-order valence-electron chi connectivity index (χ3n) is 4.84. The number of hydrogen-bond donors (Lipinski definition) is 2. The van der Waals surface area contributed by atoms with Crippen LogP contribution in [0.25, 0.3) is 0 Å². The molecular weight excluding hydrogens is 302 g/mol. The van der Waals surface area contributed by atoms with Gasteiger partial charge in [0.25, 0.3) is 0 Å². The molecule has 0 aromatic heterocycles. The minimum Gasteiger partial charge on any atom is -0.343 e. The Morgan fingerprint density at radius 2 is 2.00 bits per heavy atom. The van der Waals surface area contributed by atoms with E-state index >= 15 is 0 Å². The molecule has 1 aliphatic rings. The summed E-state index contributed by atoms with van der Waals surface area (Å²) in [7, 11) is 1.74. The molecule has 5 heteroatoms. The molecule has 3 atom stereocenters. The second-order valence-electron chi connectivity index (χ2n) is 6.62. The molecule has 24 heavy (non-hydrogen) atoms. The van der Waals surface area contributed by atoms with Gasteiger partial charge in [-0.2, -0.15) is 0 Å². The van der Waals surface area contributed by atoms with E-state index in [9.17, 15) is 9.59 Å². The number of benzene rings is 1. The highest BCUT2D eigenvalue weighted by molar-refractivity contribution is 5.89. The van der Waals surface area contributed by atoms with Crippen LogP contribution in [0, 0.1) is 0 Å². The van der Waals surface area contributed by atoms with Gasteiger partial charge in [0.05, 0.1) is 6.04 Å². The summed E-state index contributed by atoms with van der Waals surface area (Å²) in [4.78, 5) is 27.1. The van der Waals surface area contributed by atoms with E-state index in [0.29, 0.717) is 6.42 Å². The van der Waals surface area contributed by atoms with Crippen LogP contribution >= 0.6 is 0 Å². The average Bonchev–Trinajstić information content (AvgIpc) is 3.03. The molecule has 1 fully saturated rings. The minimum atomic E-state index is -0.464. The fourth-order valence-corrected chi connectivity index (χ4v) is 3.10. The Hall–Kier alpha value is -1.88. The van der Waals surface area contributed by atoms with Gasteiger partial charge in [0.1, 0.15) is 6.04 Å². The molecule has 0 unspecified atom stereocenters. The maximum atomic E-state index is 12.9. The van der Waals surface area contributed by atoms with Crippen molar-refractivity contribution in [3.8, 4) is 0 Å². The van der Waals surface area contributed by atoms with Crippen molar-refractivity contribution in [3.05, 3.63) is 35.9 Å². The molecule has 0 saturated carbocycles. The summed E-state index contributed by atoms with van der Waals surface area (Å²) in [5.74, 6) is -0.0802. The van der Waals surface area contributed by atoms with Crippen LogP contribution in [-0.2, 0) is 16.0 Å². The highest BCUT2D eigenvalue weighted by Crippen LogP contribution is 2.19. The largest absolute Gasteiger partial charge is 0.343 e. The second-order valence-corrected chi connectivity index (χ2v) is 6.62. The number of aryl methyl sites for hydroxylation is 1. The van der Waals surface area contributed by atoms with Crippen LogP contribution < -0.4 is 10.6 Å². The molecule has 1 heterocycles. The van der Waals surface area contributed by atoms with E-state index in [2.05, 4.69) is 29.7 Å². The lowest BCUT2D eigenvalue weighted by molar-refractivity contribution is -0.137. The van der Waals surface area contributed by atoms with Gasteiger partial charge < -0.3 is 15.5 Å². The standard InChI is InChI=1S/C19H29N3O2/c1-14-8-7-13-22(14)19(24)17(21-18(23)15(2)20-3)12-11-16-9-5-4-6-10-16/h4-6,9-10,14-15,17,20H,7-8,11-13H2,1-3H3,(H,21,23)/t14-,15+,17+/m1/s1. The van der Waals surface area contributed by atoms with Crippen molar-refractivity contribution in [2.24, 2.45) is 0 Å². The van der Waals surface area contributed by atoms with Crippen LogP contribution in [0.15, 0.2) is 30.3 Å². The monoisotopic (exact) mass is 331 g/mol. The fraction of sp³-hybridized carbons (Fsp3) is 0.579. The van der Waals surface area contributed by atoms with Crippen LogP contribution in [0.2, 0.25) is 0 Å². The highest BCUT2D eigenvalue weighted by Gasteiger charge is 2.32. The zero-order valence-corrected chi connectivity index (χ0v) is 14.9. The normalized spacial score (nSPS) is 19.8. The third kappa shape index (κ3) is 4.81. The van der Waals surface area contributed by atoms with Crippen molar-refractivity contribution in [2.75, 3.05) is 13.6 Å².